The first kappa shape index (κ1) is 22.7. The number of carbonyl (C=O) groups is 1. The second-order valence-corrected chi connectivity index (χ2v) is 7.02. The molecular weight excluding hydrogens is 410 g/mol. The van der Waals surface area contributed by atoms with Gasteiger partial charge in [0, 0.05) is 12.1 Å². The van der Waals surface area contributed by atoms with Crippen LogP contribution < -0.4 is 10.3 Å². The van der Waals surface area contributed by atoms with Gasteiger partial charge in [0.2, 0.25) is 0 Å². The van der Waals surface area contributed by atoms with Gasteiger partial charge in [-0.2, -0.15) is 5.11 Å². The normalized spacial score (nSPS) is 11.0. The van der Waals surface area contributed by atoms with Crippen molar-refractivity contribution in [2.24, 2.45) is 10.2 Å². The maximum absolute atomic E-state index is 12.6. The lowest BCUT2D eigenvalue weighted by atomic mass is 10.1. The summed E-state index contributed by atoms with van der Waals surface area (Å²) in [6.07, 6.45) is 0. The van der Waals surface area contributed by atoms with E-state index in [9.17, 15) is 14.7 Å². The summed E-state index contributed by atoms with van der Waals surface area (Å²) in [5.41, 5.74) is 1.75. The summed E-state index contributed by atoms with van der Waals surface area (Å²) in [6, 6.07) is 15.7. The van der Waals surface area contributed by atoms with Crippen molar-refractivity contribution in [3.05, 3.63) is 81.6 Å². The molecule has 1 N–H and O–H groups in total. The molecule has 0 unspecified atom stereocenters. The third-order valence-electron chi connectivity index (χ3n) is 4.97. The van der Waals surface area contributed by atoms with Crippen LogP contribution in [0.4, 0.5) is 11.4 Å². The molecule has 8 nitrogen and oxygen atoms in total. The smallest absolute Gasteiger partial charge is 0.338 e. The van der Waals surface area contributed by atoms with Crippen molar-refractivity contribution >= 4 is 17.3 Å². The molecule has 0 radical (unpaired) electrons. The first-order chi connectivity index (χ1) is 15.4. The maximum Gasteiger partial charge on any atom is 0.338 e. The number of pyridine rings is 1. The maximum atomic E-state index is 12.6. The monoisotopic (exact) mass is 435 g/mol. The Morgan fingerprint density at radius 1 is 0.969 bits per heavy atom. The Morgan fingerprint density at radius 2 is 1.66 bits per heavy atom. The third-order valence-corrected chi connectivity index (χ3v) is 4.97. The van der Waals surface area contributed by atoms with E-state index in [1.165, 1.54) is 4.57 Å². The Bertz CT molecular complexity index is 1170. The average Bonchev–Trinajstić information content (AvgIpc) is 2.82. The number of esters is 1. The summed E-state index contributed by atoms with van der Waals surface area (Å²) in [5.74, 6) is 0.176. The molecule has 3 rings (SSSR count). The fourth-order valence-corrected chi connectivity index (χ4v) is 3.01. The Morgan fingerprint density at radius 3 is 2.31 bits per heavy atom. The number of benzene rings is 2. The second-order valence-electron chi connectivity index (χ2n) is 7.02. The summed E-state index contributed by atoms with van der Waals surface area (Å²) in [6.45, 7) is 5.90. The fourth-order valence-electron chi connectivity index (χ4n) is 3.01. The molecule has 0 spiro atoms. The van der Waals surface area contributed by atoms with Gasteiger partial charge in [-0.1, -0.05) is 18.2 Å². The number of azo groups is 1. The van der Waals surface area contributed by atoms with E-state index in [-0.39, 0.29) is 24.8 Å². The van der Waals surface area contributed by atoms with Gasteiger partial charge in [0.25, 0.3) is 5.56 Å². The number of para-hydroxylation sites is 1. The molecule has 3 aromatic rings. The highest BCUT2D eigenvalue weighted by Crippen LogP contribution is 2.26. The van der Waals surface area contributed by atoms with Crippen LogP contribution in [0.5, 0.6) is 11.6 Å². The van der Waals surface area contributed by atoms with Gasteiger partial charge in [-0.05, 0) is 62.7 Å². The molecule has 166 valence electrons. The van der Waals surface area contributed by atoms with E-state index in [2.05, 4.69) is 10.2 Å². The van der Waals surface area contributed by atoms with Crippen LogP contribution in [0.1, 0.15) is 28.4 Å². The van der Waals surface area contributed by atoms with Gasteiger partial charge in [-0.15, -0.1) is 5.11 Å². The van der Waals surface area contributed by atoms with E-state index < -0.39 is 11.5 Å². The van der Waals surface area contributed by atoms with Crippen LogP contribution in [0.2, 0.25) is 0 Å². The SMILES string of the molecule is CCn1c(O)c(C)c(C)c(N=Nc2ccc(C(=O)OCCOc3ccccc3)cc2)c1=O. The molecule has 0 aliphatic rings. The van der Waals surface area contributed by atoms with Gasteiger partial charge >= 0.3 is 5.97 Å². The van der Waals surface area contributed by atoms with Gasteiger partial charge in [-0.3, -0.25) is 9.36 Å². The fraction of sp³-hybridized carbons (Fsp3) is 0.250. The van der Waals surface area contributed by atoms with Gasteiger partial charge in [0.15, 0.2) is 11.6 Å². The lowest BCUT2D eigenvalue weighted by Crippen LogP contribution is -2.20. The van der Waals surface area contributed by atoms with Gasteiger partial charge in [-0.25, -0.2) is 4.79 Å². The number of aromatic nitrogens is 1. The van der Waals surface area contributed by atoms with E-state index in [1.54, 1.807) is 45.0 Å². The number of aromatic hydroxyl groups is 1. The van der Waals surface area contributed by atoms with Crippen molar-refractivity contribution in [2.45, 2.75) is 27.3 Å². The Kier molecular flexibility index (Phi) is 7.38. The summed E-state index contributed by atoms with van der Waals surface area (Å²) in [7, 11) is 0. The van der Waals surface area contributed by atoms with Crippen molar-refractivity contribution < 1.29 is 19.4 Å². The Balaban J connectivity index is 1.62. The van der Waals surface area contributed by atoms with Crippen molar-refractivity contribution in [3.8, 4) is 11.6 Å². The number of nitrogens with zero attached hydrogens (tertiary/aromatic N) is 3. The molecule has 1 aromatic heterocycles. The predicted octanol–water partition coefficient (Wildman–Crippen LogP) is 4.84. The zero-order valence-electron chi connectivity index (χ0n) is 18.2. The molecule has 0 fully saturated rings. The van der Waals surface area contributed by atoms with Gasteiger partial charge < -0.3 is 14.6 Å². The summed E-state index contributed by atoms with van der Waals surface area (Å²) in [4.78, 5) is 24.7. The van der Waals surface area contributed by atoms with Crippen molar-refractivity contribution in [1.82, 2.24) is 4.57 Å². The van der Waals surface area contributed by atoms with E-state index in [4.69, 9.17) is 9.47 Å². The van der Waals surface area contributed by atoms with Crippen LogP contribution in [0, 0.1) is 13.8 Å². The average molecular weight is 435 g/mol. The lowest BCUT2D eigenvalue weighted by Gasteiger charge is -2.12. The van der Waals surface area contributed by atoms with E-state index >= 15 is 0 Å². The number of hydrogen-bond acceptors (Lipinski definition) is 7. The minimum atomic E-state index is -0.471. The summed E-state index contributed by atoms with van der Waals surface area (Å²) < 4.78 is 12.0. The summed E-state index contributed by atoms with van der Waals surface area (Å²) >= 11 is 0. The molecule has 2 aromatic carbocycles. The minimum Gasteiger partial charge on any atom is -0.494 e. The van der Waals surface area contributed by atoms with Crippen LogP contribution in [-0.4, -0.2) is 28.9 Å². The summed E-state index contributed by atoms with van der Waals surface area (Å²) in [5, 5.41) is 18.3. The van der Waals surface area contributed by atoms with Crippen LogP contribution in [0.15, 0.2) is 69.6 Å². The zero-order valence-corrected chi connectivity index (χ0v) is 18.2. The van der Waals surface area contributed by atoms with E-state index in [0.29, 0.717) is 34.7 Å². The third kappa shape index (κ3) is 5.21. The highest BCUT2D eigenvalue weighted by Gasteiger charge is 2.15. The lowest BCUT2D eigenvalue weighted by molar-refractivity contribution is 0.0450. The van der Waals surface area contributed by atoms with Crippen LogP contribution in [0.3, 0.4) is 0 Å². The molecule has 1 heterocycles. The minimum absolute atomic E-state index is 0.0639. The van der Waals surface area contributed by atoms with Gasteiger partial charge in [0.05, 0.1) is 11.3 Å². The Labute approximate surface area is 185 Å². The topological polar surface area (TPSA) is 102 Å². The number of carbonyl (C=O) groups excluding carboxylic acids is 1. The molecule has 8 heteroatoms. The number of hydrogen-bond donors (Lipinski definition) is 1. The van der Waals surface area contributed by atoms with Crippen molar-refractivity contribution in [3.63, 3.8) is 0 Å². The first-order valence-corrected chi connectivity index (χ1v) is 10.2. The molecule has 0 saturated heterocycles. The van der Waals surface area contributed by atoms with Crippen molar-refractivity contribution in [1.29, 1.82) is 0 Å². The van der Waals surface area contributed by atoms with E-state index in [1.807, 2.05) is 30.3 Å². The van der Waals surface area contributed by atoms with Gasteiger partial charge in [0.1, 0.15) is 19.0 Å². The highest BCUT2D eigenvalue weighted by molar-refractivity contribution is 5.89. The highest BCUT2D eigenvalue weighted by atomic mass is 16.6. The standard InChI is InChI=1S/C24H25N3O5/c1-4-27-22(28)17(3)16(2)21(23(27)29)26-25-19-12-10-18(11-13-19)24(30)32-15-14-31-20-8-6-5-7-9-20/h5-13,28H,4,14-15H2,1-3H3. The molecule has 0 aliphatic heterocycles. The largest absolute Gasteiger partial charge is 0.494 e. The molecule has 32 heavy (non-hydrogen) atoms. The number of ether oxygens (including phenoxy) is 2. The second kappa shape index (κ2) is 10.4. The number of rotatable bonds is 8. The van der Waals surface area contributed by atoms with Crippen molar-refractivity contribution in [2.75, 3.05) is 13.2 Å². The van der Waals surface area contributed by atoms with E-state index in [0.717, 1.165) is 0 Å². The molecule has 0 atom stereocenters. The van der Waals surface area contributed by atoms with Crippen LogP contribution in [-0.2, 0) is 11.3 Å². The Hall–Kier alpha value is -3.94. The molecule has 0 amide bonds. The van der Waals surface area contributed by atoms with Crippen LogP contribution >= 0.6 is 0 Å². The quantitative estimate of drug-likeness (QED) is 0.310. The van der Waals surface area contributed by atoms with Crippen LogP contribution in [0.25, 0.3) is 0 Å². The predicted molar refractivity (Wildman–Crippen MR) is 120 cm³/mol. The first-order valence-electron chi connectivity index (χ1n) is 10.2. The molecular formula is C24H25N3O5. The molecule has 0 aliphatic carbocycles. The molecule has 0 bridgehead atoms. The molecule has 0 saturated carbocycles. The zero-order chi connectivity index (χ0) is 23.1.